The molecule has 0 saturated carbocycles. The Labute approximate surface area is 177 Å². The zero-order valence-electron chi connectivity index (χ0n) is 17.8. The van der Waals surface area contributed by atoms with E-state index in [9.17, 15) is 0 Å². The van der Waals surface area contributed by atoms with Crippen LogP contribution >= 0.6 is 12.6 Å². The first-order chi connectivity index (χ1) is 13.8. The van der Waals surface area contributed by atoms with Crippen LogP contribution in [-0.2, 0) is 0 Å². The maximum atomic E-state index is 5.80. The van der Waals surface area contributed by atoms with E-state index in [0.29, 0.717) is 6.61 Å². The smallest absolute Gasteiger partial charge is 0.166 e. The Hall–Kier alpha value is -1.36. The van der Waals surface area contributed by atoms with E-state index < -0.39 is 0 Å². The molecule has 0 aromatic heterocycles. The van der Waals surface area contributed by atoms with E-state index in [4.69, 9.17) is 4.74 Å². The summed E-state index contributed by atoms with van der Waals surface area (Å²) in [4.78, 5) is 2.16. The summed E-state index contributed by atoms with van der Waals surface area (Å²) in [7, 11) is 0. The highest BCUT2D eigenvalue weighted by Gasteiger charge is 2.27. The first-order valence-corrected chi connectivity index (χ1v) is 11.8. The zero-order chi connectivity index (χ0) is 20.0. The van der Waals surface area contributed by atoms with E-state index in [1.807, 2.05) is 25.1 Å². The SMILES string of the molecule is CCCCCCCCCCCCCC1=NNC(S)N1c1ccccc1OCC. The molecule has 1 aliphatic rings. The third-order valence-corrected chi connectivity index (χ3v) is 5.61. The molecule has 0 spiro atoms. The third kappa shape index (κ3) is 7.57. The van der Waals surface area contributed by atoms with Crippen LogP contribution in [0.5, 0.6) is 5.75 Å². The van der Waals surface area contributed by atoms with E-state index in [1.54, 1.807) is 0 Å². The quantitative estimate of drug-likeness (QED) is 0.251. The number of rotatable bonds is 15. The maximum absolute atomic E-state index is 5.80. The van der Waals surface area contributed by atoms with Gasteiger partial charge < -0.3 is 4.74 Å². The van der Waals surface area contributed by atoms with Gasteiger partial charge in [0.05, 0.1) is 12.3 Å². The molecule has 1 atom stereocenters. The number of nitrogens with zero attached hydrogens (tertiary/aromatic N) is 2. The van der Waals surface area contributed by atoms with Crippen LogP contribution < -0.4 is 15.1 Å². The summed E-state index contributed by atoms with van der Waals surface area (Å²) in [6, 6.07) is 8.14. The molecular weight excluding hydrogens is 366 g/mol. The largest absolute Gasteiger partial charge is 0.492 e. The molecule has 1 aromatic rings. The lowest BCUT2D eigenvalue weighted by atomic mass is 10.0. The first-order valence-electron chi connectivity index (χ1n) is 11.3. The number of ether oxygens (including phenoxy) is 1. The second-order valence-electron chi connectivity index (χ2n) is 7.59. The van der Waals surface area contributed by atoms with Crippen molar-refractivity contribution in [2.45, 2.75) is 96.4 Å². The van der Waals surface area contributed by atoms with Gasteiger partial charge >= 0.3 is 0 Å². The van der Waals surface area contributed by atoms with Gasteiger partial charge in [-0.1, -0.05) is 83.3 Å². The Balaban J connectivity index is 1.67. The minimum atomic E-state index is -0.135. The zero-order valence-corrected chi connectivity index (χ0v) is 18.7. The molecule has 0 aliphatic carbocycles. The number of thiol groups is 1. The number of hydrazone groups is 1. The molecule has 1 N–H and O–H groups in total. The average molecular weight is 406 g/mol. The van der Waals surface area contributed by atoms with E-state index in [2.05, 4.69) is 41.0 Å². The summed E-state index contributed by atoms with van der Waals surface area (Å²) in [6.45, 7) is 4.94. The average Bonchev–Trinajstić information content (AvgIpc) is 3.07. The highest BCUT2D eigenvalue weighted by molar-refractivity contribution is 7.81. The lowest BCUT2D eigenvalue weighted by molar-refractivity contribution is 0.341. The summed E-state index contributed by atoms with van der Waals surface area (Å²) in [5.41, 5.74) is 4.00. The second-order valence-corrected chi connectivity index (χ2v) is 8.08. The number of anilines is 1. The van der Waals surface area contributed by atoms with Crippen molar-refractivity contribution >= 4 is 24.2 Å². The van der Waals surface area contributed by atoms with Crippen molar-refractivity contribution in [1.82, 2.24) is 5.43 Å². The van der Waals surface area contributed by atoms with Crippen LogP contribution in [0.1, 0.15) is 90.9 Å². The fourth-order valence-electron chi connectivity index (χ4n) is 3.71. The van der Waals surface area contributed by atoms with E-state index in [0.717, 1.165) is 23.7 Å². The van der Waals surface area contributed by atoms with Crippen molar-refractivity contribution in [3.05, 3.63) is 24.3 Å². The molecule has 0 radical (unpaired) electrons. The molecule has 4 nitrogen and oxygen atoms in total. The fourth-order valence-corrected chi connectivity index (χ4v) is 4.03. The van der Waals surface area contributed by atoms with Crippen molar-refractivity contribution in [3.63, 3.8) is 0 Å². The lowest BCUT2D eigenvalue weighted by Crippen LogP contribution is -2.36. The Morgan fingerprint density at radius 3 is 2.18 bits per heavy atom. The molecule has 1 unspecified atom stereocenters. The molecule has 2 rings (SSSR count). The third-order valence-electron chi connectivity index (χ3n) is 5.26. The molecule has 1 aromatic carbocycles. The second kappa shape index (κ2) is 13.8. The summed E-state index contributed by atoms with van der Waals surface area (Å²) in [6.07, 6.45) is 15.9. The number of unbranched alkanes of at least 4 members (excludes halogenated alkanes) is 10. The van der Waals surface area contributed by atoms with Crippen LogP contribution in [0, 0.1) is 0 Å². The summed E-state index contributed by atoms with van der Waals surface area (Å²) >= 11 is 4.65. The molecule has 1 heterocycles. The summed E-state index contributed by atoms with van der Waals surface area (Å²) < 4.78 is 5.80. The van der Waals surface area contributed by atoms with Crippen LogP contribution in [0.15, 0.2) is 29.4 Å². The molecule has 0 amide bonds. The number of hydrogen-bond acceptors (Lipinski definition) is 5. The summed E-state index contributed by atoms with van der Waals surface area (Å²) in [5, 5.41) is 4.52. The van der Waals surface area contributed by atoms with Gasteiger partial charge in [0.25, 0.3) is 0 Å². The minimum Gasteiger partial charge on any atom is -0.492 e. The monoisotopic (exact) mass is 405 g/mol. The molecule has 28 heavy (non-hydrogen) atoms. The summed E-state index contributed by atoms with van der Waals surface area (Å²) in [5.74, 6) is 1.95. The minimum absolute atomic E-state index is 0.135. The molecule has 1 aliphatic heterocycles. The van der Waals surface area contributed by atoms with Crippen molar-refractivity contribution in [2.24, 2.45) is 5.10 Å². The Morgan fingerprint density at radius 1 is 0.929 bits per heavy atom. The first kappa shape index (κ1) is 22.9. The molecule has 0 bridgehead atoms. The standard InChI is InChI=1S/C23H39N3OS/c1-3-5-6-7-8-9-10-11-12-13-14-19-22-24-25-23(28)26(22)20-17-15-16-18-21(20)27-4-2/h15-18,23,25,28H,3-14,19H2,1-2H3. The van der Waals surface area contributed by atoms with Crippen molar-refractivity contribution in [1.29, 1.82) is 0 Å². The maximum Gasteiger partial charge on any atom is 0.166 e. The number of amidine groups is 1. The van der Waals surface area contributed by atoms with Crippen LogP contribution in [0.3, 0.4) is 0 Å². The highest BCUT2D eigenvalue weighted by Crippen LogP contribution is 2.32. The van der Waals surface area contributed by atoms with Crippen molar-refractivity contribution in [2.75, 3.05) is 11.5 Å². The van der Waals surface area contributed by atoms with Gasteiger partial charge in [-0.2, -0.15) is 5.10 Å². The molecule has 5 heteroatoms. The van der Waals surface area contributed by atoms with Gasteiger partial charge in [0.15, 0.2) is 5.50 Å². The predicted octanol–water partition coefficient (Wildman–Crippen LogP) is 6.72. The van der Waals surface area contributed by atoms with Gasteiger partial charge in [-0.3, -0.25) is 10.3 Å². The molecule has 0 fully saturated rings. The molecule has 0 saturated heterocycles. The lowest BCUT2D eigenvalue weighted by Gasteiger charge is -2.26. The Bertz CT molecular complexity index is 579. The number of nitrogens with one attached hydrogen (secondary N) is 1. The number of hydrogen-bond donors (Lipinski definition) is 2. The van der Waals surface area contributed by atoms with Gasteiger partial charge in [-0.15, -0.1) is 12.6 Å². The van der Waals surface area contributed by atoms with Crippen LogP contribution in [0.4, 0.5) is 5.69 Å². The molecular formula is C23H39N3OS. The molecule has 158 valence electrons. The van der Waals surface area contributed by atoms with Gasteiger partial charge in [0.1, 0.15) is 11.6 Å². The van der Waals surface area contributed by atoms with Crippen molar-refractivity contribution < 1.29 is 4.74 Å². The van der Waals surface area contributed by atoms with Gasteiger partial charge in [-0.25, -0.2) is 0 Å². The highest BCUT2D eigenvalue weighted by atomic mass is 32.1. The topological polar surface area (TPSA) is 36.9 Å². The predicted molar refractivity (Wildman–Crippen MR) is 125 cm³/mol. The van der Waals surface area contributed by atoms with E-state index in [-0.39, 0.29) is 5.50 Å². The van der Waals surface area contributed by atoms with E-state index in [1.165, 1.54) is 70.6 Å². The fraction of sp³-hybridized carbons (Fsp3) is 0.696. The van der Waals surface area contributed by atoms with Crippen LogP contribution in [-0.4, -0.2) is 17.9 Å². The van der Waals surface area contributed by atoms with Crippen LogP contribution in [0.2, 0.25) is 0 Å². The van der Waals surface area contributed by atoms with Gasteiger partial charge in [0.2, 0.25) is 0 Å². The Kier molecular flexibility index (Phi) is 11.3. The van der Waals surface area contributed by atoms with Gasteiger partial charge in [0, 0.05) is 6.42 Å². The number of benzene rings is 1. The normalized spacial score (nSPS) is 16.2. The van der Waals surface area contributed by atoms with E-state index >= 15 is 0 Å². The van der Waals surface area contributed by atoms with Gasteiger partial charge in [-0.05, 0) is 25.5 Å². The van der Waals surface area contributed by atoms with Crippen LogP contribution in [0.25, 0.3) is 0 Å². The van der Waals surface area contributed by atoms with Crippen molar-refractivity contribution in [3.8, 4) is 5.75 Å². The number of para-hydroxylation sites is 2. The Morgan fingerprint density at radius 2 is 1.54 bits per heavy atom.